The second-order valence-electron chi connectivity index (χ2n) is 5.14. The van der Waals surface area contributed by atoms with Crippen molar-refractivity contribution in [1.29, 1.82) is 0 Å². The summed E-state index contributed by atoms with van der Waals surface area (Å²) in [6.45, 7) is 2.86. The summed E-state index contributed by atoms with van der Waals surface area (Å²) < 4.78 is 0. The lowest BCUT2D eigenvalue weighted by Gasteiger charge is -2.48. The molecular weight excluding hydrogens is 253 g/mol. The molecule has 0 aromatic heterocycles. The van der Waals surface area contributed by atoms with Gasteiger partial charge in [-0.05, 0) is 36.5 Å². The number of halogens is 2. The zero-order chi connectivity index (χ0) is 12.5. The number of hydrogen-bond donors (Lipinski definition) is 1. The van der Waals surface area contributed by atoms with Crippen LogP contribution in [0.2, 0.25) is 10.0 Å². The highest BCUT2D eigenvalue weighted by molar-refractivity contribution is 6.36. The Morgan fingerprint density at radius 3 is 2.35 bits per heavy atom. The van der Waals surface area contributed by atoms with Crippen LogP contribution in [-0.4, -0.2) is 6.54 Å². The molecule has 17 heavy (non-hydrogen) atoms. The van der Waals surface area contributed by atoms with Crippen molar-refractivity contribution in [2.75, 3.05) is 6.54 Å². The Balaban J connectivity index is 2.26. The summed E-state index contributed by atoms with van der Waals surface area (Å²) in [7, 11) is 0. The fourth-order valence-electron chi connectivity index (χ4n) is 3.14. The summed E-state index contributed by atoms with van der Waals surface area (Å²) in [5, 5.41) is 1.52. The van der Waals surface area contributed by atoms with E-state index >= 15 is 0 Å². The molecule has 1 aromatic carbocycles. The molecule has 0 aliphatic heterocycles. The van der Waals surface area contributed by atoms with Crippen LogP contribution in [0.25, 0.3) is 0 Å². The number of rotatable bonds is 4. The van der Waals surface area contributed by atoms with Gasteiger partial charge in [0.05, 0.1) is 0 Å². The minimum atomic E-state index is 0.0231. The molecule has 0 amide bonds. The van der Waals surface area contributed by atoms with E-state index in [1.54, 1.807) is 0 Å². The molecular formula is C14H19Cl2N. The molecule has 0 saturated heterocycles. The van der Waals surface area contributed by atoms with E-state index in [9.17, 15) is 0 Å². The molecule has 3 heteroatoms. The first-order chi connectivity index (χ1) is 8.13. The van der Waals surface area contributed by atoms with Crippen LogP contribution < -0.4 is 5.73 Å². The van der Waals surface area contributed by atoms with Gasteiger partial charge in [-0.1, -0.05) is 49.0 Å². The van der Waals surface area contributed by atoms with Crippen molar-refractivity contribution in [3.8, 4) is 0 Å². The number of nitrogens with two attached hydrogens (primary N) is 1. The van der Waals surface area contributed by atoms with Crippen LogP contribution >= 0.6 is 23.2 Å². The lowest BCUT2D eigenvalue weighted by molar-refractivity contribution is 0.139. The van der Waals surface area contributed by atoms with Gasteiger partial charge in [-0.25, -0.2) is 0 Å². The first kappa shape index (κ1) is 13.2. The van der Waals surface area contributed by atoms with Crippen molar-refractivity contribution in [2.24, 2.45) is 11.7 Å². The van der Waals surface area contributed by atoms with Gasteiger partial charge < -0.3 is 5.73 Å². The monoisotopic (exact) mass is 271 g/mol. The normalized spacial score (nSPS) is 27.9. The van der Waals surface area contributed by atoms with E-state index in [1.807, 2.05) is 18.2 Å². The van der Waals surface area contributed by atoms with Crippen LogP contribution in [0.5, 0.6) is 0 Å². The quantitative estimate of drug-likeness (QED) is 0.863. The smallest absolute Gasteiger partial charge is 0.0459 e. The van der Waals surface area contributed by atoms with Gasteiger partial charge in [0, 0.05) is 22.0 Å². The Morgan fingerprint density at radius 1 is 1.29 bits per heavy atom. The van der Waals surface area contributed by atoms with Gasteiger partial charge in [-0.3, -0.25) is 0 Å². The second-order valence-corrected chi connectivity index (χ2v) is 5.96. The predicted octanol–water partition coefficient (Wildman–Crippen LogP) is 4.40. The molecule has 0 radical (unpaired) electrons. The SMILES string of the molecule is CCCC1CC(CN)(c2c(Cl)cccc2Cl)C1. The molecule has 0 bridgehead atoms. The summed E-state index contributed by atoms with van der Waals surface area (Å²) >= 11 is 12.6. The largest absolute Gasteiger partial charge is 0.330 e. The lowest BCUT2D eigenvalue weighted by atomic mass is 9.57. The van der Waals surface area contributed by atoms with E-state index in [0.29, 0.717) is 6.54 Å². The minimum absolute atomic E-state index is 0.0231. The van der Waals surface area contributed by atoms with Crippen LogP contribution in [0.4, 0.5) is 0 Å². The molecule has 1 aliphatic carbocycles. The van der Waals surface area contributed by atoms with Crippen LogP contribution in [0, 0.1) is 5.92 Å². The highest BCUT2D eigenvalue weighted by atomic mass is 35.5. The molecule has 0 spiro atoms. The third kappa shape index (κ3) is 2.33. The highest BCUT2D eigenvalue weighted by Gasteiger charge is 2.45. The van der Waals surface area contributed by atoms with Crippen molar-refractivity contribution in [3.63, 3.8) is 0 Å². The van der Waals surface area contributed by atoms with Crippen molar-refractivity contribution < 1.29 is 0 Å². The Kier molecular flexibility index (Phi) is 4.02. The molecule has 1 aliphatic rings. The van der Waals surface area contributed by atoms with Crippen molar-refractivity contribution >= 4 is 23.2 Å². The molecule has 1 saturated carbocycles. The Bertz CT molecular complexity index is 377. The van der Waals surface area contributed by atoms with Crippen LogP contribution in [-0.2, 0) is 5.41 Å². The summed E-state index contributed by atoms with van der Waals surface area (Å²) in [5.41, 5.74) is 7.07. The van der Waals surface area contributed by atoms with Gasteiger partial charge >= 0.3 is 0 Å². The molecule has 1 aromatic rings. The summed E-state index contributed by atoms with van der Waals surface area (Å²) in [5.74, 6) is 0.788. The predicted molar refractivity (Wildman–Crippen MR) is 74.8 cm³/mol. The maximum Gasteiger partial charge on any atom is 0.0459 e. The van der Waals surface area contributed by atoms with Gasteiger partial charge in [0.15, 0.2) is 0 Å². The van der Waals surface area contributed by atoms with Gasteiger partial charge in [0.1, 0.15) is 0 Å². The van der Waals surface area contributed by atoms with E-state index in [4.69, 9.17) is 28.9 Å². The molecule has 1 fully saturated rings. The van der Waals surface area contributed by atoms with Crippen LogP contribution in [0.15, 0.2) is 18.2 Å². The molecule has 1 nitrogen and oxygen atoms in total. The highest BCUT2D eigenvalue weighted by Crippen LogP contribution is 2.52. The van der Waals surface area contributed by atoms with E-state index in [1.165, 1.54) is 12.8 Å². The van der Waals surface area contributed by atoms with E-state index in [0.717, 1.165) is 34.4 Å². The maximum atomic E-state index is 6.29. The zero-order valence-electron chi connectivity index (χ0n) is 10.2. The molecule has 0 unspecified atom stereocenters. The maximum absolute atomic E-state index is 6.29. The Labute approximate surface area is 113 Å². The number of hydrogen-bond acceptors (Lipinski definition) is 1. The van der Waals surface area contributed by atoms with Gasteiger partial charge in [-0.2, -0.15) is 0 Å². The van der Waals surface area contributed by atoms with Gasteiger partial charge in [-0.15, -0.1) is 0 Å². The lowest BCUT2D eigenvalue weighted by Crippen LogP contribution is -2.47. The third-order valence-electron chi connectivity index (χ3n) is 3.94. The third-order valence-corrected chi connectivity index (χ3v) is 4.57. The van der Waals surface area contributed by atoms with E-state index in [-0.39, 0.29) is 5.41 Å². The summed E-state index contributed by atoms with van der Waals surface area (Å²) in [6, 6.07) is 5.71. The van der Waals surface area contributed by atoms with Crippen LogP contribution in [0.3, 0.4) is 0 Å². The molecule has 0 atom stereocenters. The average Bonchev–Trinajstić information content (AvgIpc) is 2.24. The fraction of sp³-hybridized carbons (Fsp3) is 0.571. The van der Waals surface area contributed by atoms with Gasteiger partial charge in [0.25, 0.3) is 0 Å². The van der Waals surface area contributed by atoms with E-state index < -0.39 is 0 Å². The topological polar surface area (TPSA) is 26.0 Å². The average molecular weight is 272 g/mol. The molecule has 2 N–H and O–H groups in total. The fourth-order valence-corrected chi connectivity index (χ4v) is 3.93. The van der Waals surface area contributed by atoms with E-state index in [2.05, 4.69) is 6.92 Å². The second kappa shape index (κ2) is 5.17. The minimum Gasteiger partial charge on any atom is -0.330 e. The Hall–Kier alpha value is -0.240. The summed E-state index contributed by atoms with van der Waals surface area (Å²) in [4.78, 5) is 0. The van der Waals surface area contributed by atoms with Crippen molar-refractivity contribution in [2.45, 2.75) is 38.0 Å². The van der Waals surface area contributed by atoms with Crippen molar-refractivity contribution in [1.82, 2.24) is 0 Å². The van der Waals surface area contributed by atoms with Gasteiger partial charge in [0.2, 0.25) is 0 Å². The number of benzene rings is 1. The first-order valence-corrected chi connectivity index (χ1v) is 7.03. The first-order valence-electron chi connectivity index (χ1n) is 6.27. The summed E-state index contributed by atoms with van der Waals surface area (Å²) in [6.07, 6.45) is 4.77. The standard InChI is InChI=1S/C14H19Cl2N/c1-2-4-10-7-14(8-10,9-17)13-11(15)5-3-6-12(13)16/h3,5-6,10H,2,4,7-9,17H2,1H3. The molecule has 94 valence electrons. The molecule has 0 heterocycles. The molecule has 2 rings (SSSR count). The Morgan fingerprint density at radius 2 is 1.88 bits per heavy atom. The zero-order valence-corrected chi connectivity index (χ0v) is 11.7. The van der Waals surface area contributed by atoms with Crippen LogP contribution in [0.1, 0.15) is 38.2 Å². The van der Waals surface area contributed by atoms with Crippen molar-refractivity contribution in [3.05, 3.63) is 33.8 Å².